The summed E-state index contributed by atoms with van der Waals surface area (Å²) in [6.45, 7) is 10.6. The van der Waals surface area contributed by atoms with Crippen molar-refractivity contribution in [3.8, 4) is 0 Å². The van der Waals surface area contributed by atoms with Crippen LogP contribution in [0.3, 0.4) is 0 Å². The maximum atomic E-state index is 10.7. The molecule has 84 valence electrons. The molecule has 0 rings (SSSR count). The van der Waals surface area contributed by atoms with E-state index >= 15 is 0 Å². The third-order valence-corrected chi connectivity index (χ3v) is 1.60. The minimum atomic E-state index is -0.118. The van der Waals surface area contributed by atoms with E-state index in [4.69, 9.17) is 9.47 Å². The van der Waals surface area contributed by atoms with Crippen LogP contribution in [-0.4, -0.2) is 30.7 Å². The van der Waals surface area contributed by atoms with E-state index in [1.165, 1.54) is 0 Å². The van der Waals surface area contributed by atoms with Crippen molar-refractivity contribution in [2.24, 2.45) is 0 Å². The molecule has 0 saturated carbocycles. The van der Waals surface area contributed by atoms with Crippen molar-refractivity contribution in [3.05, 3.63) is 0 Å². The predicted molar refractivity (Wildman–Crippen MR) is 56.4 cm³/mol. The molecule has 0 amide bonds. The van der Waals surface area contributed by atoms with Crippen LogP contribution in [0, 0.1) is 0 Å². The van der Waals surface area contributed by atoms with Crippen molar-refractivity contribution < 1.29 is 14.3 Å². The minimum Gasteiger partial charge on any atom is -0.376 e. The van der Waals surface area contributed by atoms with Crippen LogP contribution in [0.5, 0.6) is 0 Å². The fourth-order valence-electron chi connectivity index (χ4n) is 1.06. The van der Waals surface area contributed by atoms with Gasteiger partial charge in [0.15, 0.2) is 0 Å². The van der Waals surface area contributed by atoms with E-state index in [9.17, 15) is 4.79 Å². The molecule has 14 heavy (non-hydrogen) atoms. The van der Waals surface area contributed by atoms with Gasteiger partial charge in [0.05, 0.1) is 24.9 Å². The molecule has 0 spiro atoms. The second-order valence-electron chi connectivity index (χ2n) is 4.55. The number of carbonyl (C=O) groups is 1. The van der Waals surface area contributed by atoms with Gasteiger partial charge in [0.1, 0.15) is 5.78 Å². The smallest absolute Gasteiger partial charge is 0.132 e. The van der Waals surface area contributed by atoms with Crippen LogP contribution in [0.15, 0.2) is 0 Å². The molecule has 0 fully saturated rings. The van der Waals surface area contributed by atoms with Gasteiger partial charge in [-0.05, 0) is 34.6 Å². The molecular formula is C11H22O3. The molecule has 3 nitrogen and oxygen atoms in total. The molecule has 0 N–H and O–H groups in total. The molecule has 1 unspecified atom stereocenters. The van der Waals surface area contributed by atoms with Crippen LogP contribution in [0.25, 0.3) is 0 Å². The highest BCUT2D eigenvalue weighted by molar-refractivity contribution is 5.75. The fraction of sp³-hybridized carbons (Fsp3) is 0.909. The average molecular weight is 202 g/mol. The van der Waals surface area contributed by atoms with Crippen LogP contribution in [0.4, 0.5) is 0 Å². The summed E-state index contributed by atoms with van der Waals surface area (Å²) >= 11 is 0. The van der Waals surface area contributed by atoms with Crippen LogP contribution < -0.4 is 0 Å². The molecule has 0 aliphatic heterocycles. The molecule has 0 aliphatic carbocycles. The van der Waals surface area contributed by atoms with Crippen LogP contribution in [0.2, 0.25) is 0 Å². The third kappa shape index (κ3) is 9.68. The van der Waals surface area contributed by atoms with Gasteiger partial charge in [-0.25, -0.2) is 0 Å². The first-order chi connectivity index (χ1) is 6.31. The number of hydrogen-bond acceptors (Lipinski definition) is 3. The predicted octanol–water partition coefficient (Wildman–Crippen LogP) is 2.19. The topological polar surface area (TPSA) is 35.5 Å². The first-order valence-corrected chi connectivity index (χ1v) is 5.06. The Morgan fingerprint density at radius 1 is 1.29 bits per heavy atom. The Balaban J connectivity index is 3.41. The van der Waals surface area contributed by atoms with Crippen molar-refractivity contribution in [1.82, 2.24) is 0 Å². The van der Waals surface area contributed by atoms with Gasteiger partial charge in [-0.2, -0.15) is 0 Å². The third-order valence-electron chi connectivity index (χ3n) is 1.60. The number of ketones is 1. The zero-order valence-corrected chi connectivity index (χ0v) is 9.92. The standard InChI is InChI=1S/C11H22O3/c1-9(12)8-10(2)13-6-7-14-11(3,4)5/h10H,6-8H2,1-5H3. The van der Waals surface area contributed by atoms with Gasteiger partial charge in [0, 0.05) is 6.42 Å². The normalized spacial score (nSPS) is 14.1. The van der Waals surface area contributed by atoms with Crippen molar-refractivity contribution in [2.45, 2.75) is 52.7 Å². The summed E-state index contributed by atoms with van der Waals surface area (Å²) in [7, 11) is 0. The second-order valence-corrected chi connectivity index (χ2v) is 4.55. The number of Topliss-reactive ketones (excluding diaryl/α,β-unsaturated/α-hetero) is 1. The van der Waals surface area contributed by atoms with Crippen molar-refractivity contribution in [3.63, 3.8) is 0 Å². The number of ether oxygens (including phenoxy) is 2. The Bertz CT molecular complexity index is 170. The van der Waals surface area contributed by atoms with Crippen LogP contribution >= 0.6 is 0 Å². The quantitative estimate of drug-likeness (QED) is 0.619. The summed E-state index contributed by atoms with van der Waals surface area (Å²) in [4.78, 5) is 10.7. The highest BCUT2D eigenvalue weighted by atomic mass is 16.5. The molecule has 0 aliphatic rings. The number of carbonyl (C=O) groups excluding carboxylic acids is 1. The summed E-state index contributed by atoms with van der Waals surface area (Å²) in [5.74, 6) is 0.161. The van der Waals surface area contributed by atoms with E-state index in [2.05, 4.69) is 0 Å². The lowest BCUT2D eigenvalue weighted by Gasteiger charge is -2.20. The SMILES string of the molecule is CC(=O)CC(C)OCCOC(C)(C)C. The Morgan fingerprint density at radius 3 is 2.29 bits per heavy atom. The molecule has 0 bridgehead atoms. The lowest BCUT2D eigenvalue weighted by molar-refractivity contribution is -0.120. The first-order valence-electron chi connectivity index (χ1n) is 5.06. The summed E-state index contributed by atoms with van der Waals surface area (Å²) in [5.41, 5.74) is -0.118. The van der Waals surface area contributed by atoms with Crippen LogP contribution in [0.1, 0.15) is 41.0 Å². The van der Waals surface area contributed by atoms with Crippen molar-refractivity contribution in [1.29, 1.82) is 0 Å². The first kappa shape index (κ1) is 13.6. The van der Waals surface area contributed by atoms with E-state index in [0.29, 0.717) is 19.6 Å². The summed E-state index contributed by atoms with van der Waals surface area (Å²) in [6, 6.07) is 0. The Hall–Kier alpha value is -0.410. The molecule has 1 atom stereocenters. The molecule has 0 aromatic rings. The van der Waals surface area contributed by atoms with Crippen molar-refractivity contribution >= 4 is 5.78 Å². The summed E-state index contributed by atoms with van der Waals surface area (Å²) in [6.07, 6.45) is 0.478. The molecule has 0 saturated heterocycles. The maximum absolute atomic E-state index is 10.7. The van der Waals surface area contributed by atoms with Gasteiger partial charge in [0.2, 0.25) is 0 Å². The number of rotatable bonds is 6. The molecular weight excluding hydrogens is 180 g/mol. The molecule has 0 aromatic carbocycles. The highest BCUT2D eigenvalue weighted by Crippen LogP contribution is 2.06. The van der Waals surface area contributed by atoms with Gasteiger partial charge in [0.25, 0.3) is 0 Å². The van der Waals surface area contributed by atoms with E-state index in [0.717, 1.165) is 0 Å². The van der Waals surface area contributed by atoms with E-state index in [-0.39, 0.29) is 17.5 Å². The van der Waals surface area contributed by atoms with Gasteiger partial charge in [-0.1, -0.05) is 0 Å². The van der Waals surface area contributed by atoms with E-state index in [1.54, 1.807) is 6.92 Å². The van der Waals surface area contributed by atoms with Gasteiger partial charge in [-0.3, -0.25) is 4.79 Å². The average Bonchev–Trinajstić information content (AvgIpc) is 1.95. The molecule has 0 aromatic heterocycles. The number of hydrogen-bond donors (Lipinski definition) is 0. The Morgan fingerprint density at radius 2 is 1.86 bits per heavy atom. The second kappa shape index (κ2) is 6.14. The summed E-state index contributed by atoms with van der Waals surface area (Å²) < 4.78 is 10.9. The highest BCUT2D eigenvalue weighted by Gasteiger charge is 2.10. The van der Waals surface area contributed by atoms with Gasteiger partial charge >= 0.3 is 0 Å². The van der Waals surface area contributed by atoms with Crippen LogP contribution in [-0.2, 0) is 14.3 Å². The largest absolute Gasteiger partial charge is 0.376 e. The maximum Gasteiger partial charge on any atom is 0.132 e. The molecule has 3 heteroatoms. The zero-order chi connectivity index (χ0) is 11.2. The Labute approximate surface area is 86.8 Å². The Kier molecular flexibility index (Phi) is 5.96. The fourth-order valence-corrected chi connectivity index (χ4v) is 1.06. The van der Waals surface area contributed by atoms with E-state index < -0.39 is 0 Å². The van der Waals surface area contributed by atoms with E-state index in [1.807, 2.05) is 27.7 Å². The lowest BCUT2D eigenvalue weighted by Crippen LogP contribution is -2.23. The van der Waals surface area contributed by atoms with Crippen molar-refractivity contribution in [2.75, 3.05) is 13.2 Å². The van der Waals surface area contributed by atoms with Gasteiger partial charge in [-0.15, -0.1) is 0 Å². The monoisotopic (exact) mass is 202 g/mol. The summed E-state index contributed by atoms with van der Waals surface area (Å²) in [5, 5.41) is 0. The molecule has 0 radical (unpaired) electrons. The lowest BCUT2D eigenvalue weighted by atomic mass is 10.2. The zero-order valence-electron chi connectivity index (χ0n) is 9.92. The minimum absolute atomic E-state index is 0.00364. The molecule has 0 heterocycles. The van der Waals surface area contributed by atoms with Gasteiger partial charge < -0.3 is 9.47 Å².